The molecule has 0 amide bonds. The summed E-state index contributed by atoms with van der Waals surface area (Å²) in [7, 11) is 0. The standard InChI is InChI=1S/C12H19NO/c1-3-12-8-7-11(9-13-12)6-4-5-10(2)14/h7-10,14H,3-6H2,1-2H3/t10-/m1/s1. The molecule has 1 heterocycles. The van der Waals surface area contributed by atoms with E-state index in [1.165, 1.54) is 5.56 Å². The largest absolute Gasteiger partial charge is 0.393 e. The summed E-state index contributed by atoms with van der Waals surface area (Å²) in [4.78, 5) is 4.33. The molecule has 1 rings (SSSR count). The second kappa shape index (κ2) is 5.76. The van der Waals surface area contributed by atoms with Crippen molar-refractivity contribution in [2.75, 3.05) is 0 Å². The average Bonchev–Trinajstić information content (AvgIpc) is 2.18. The first-order valence-electron chi connectivity index (χ1n) is 5.34. The Morgan fingerprint density at radius 3 is 2.71 bits per heavy atom. The van der Waals surface area contributed by atoms with Crippen LogP contribution >= 0.6 is 0 Å². The third-order valence-electron chi connectivity index (χ3n) is 2.34. The number of aliphatic hydroxyl groups excluding tert-OH is 1. The van der Waals surface area contributed by atoms with Crippen LogP contribution in [0.4, 0.5) is 0 Å². The maximum absolute atomic E-state index is 9.10. The molecule has 78 valence electrons. The normalized spacial score (nSPS) is 12.8. The van der Waals surface area contributed by atoms with Crippen LogP contribution in [0, 0.1) is 0 Å². The van der Waals surface area contributed by atoms with Gasteiger partial charge in [0, 0.05) is 11.9 Å². The molecule has 14 heavy (non-hydrogen) atoms. The molecule has 0 saturated carbocycles. The molecular weight excluding hydrogens is 174 g/mol. The monoisotopic (exact) mass is 193 g/mol. The molecule has 1 aromatic heterocycles. The molecule has 0 aliphatic heterocycles. The Balaban J connectivity index is 2.36. The van der Waals surface area contributed by atoms with E-state index in [0.717, 1.165) is 31.4 Å². The molecule has 2 nitrogen and oxygen atoms in total. The van der Waals surface area contributed by atoms with Crippen LogP contribution in [0.5, 0.6) is 0 Å². The molecule has 1 atom stereocenters. The van der Waals surface area contributed by atoms with Crippen LogP contribution in [0.25, 0.3) is 0 Å². The third kappa shape index (κ3) is 3.88. The summed E-state index contributed by atoms with van der Waals surface area (Å²) < 4.78 is 0. The van der Waals surface area contributed by atoms with E-state index in [0.29, 0.717) is 0 Å². The van der Waals surface area contributed by atoms with Crippen molar-refractivity contribution in [1.82, 2.24) is 4.98 Å². The van der Waals surface area contributed by atoms with Gasteiger partial charge in [-0.1, -0.05) is 13.0 Å². The molecular formula is C12H19NO. The highest BCUT2D eigenvalue weighted by atomic mass is 16.3. The lowest BCUT2D eigenvalue weighted by Gasteiger charge is -2.04. The van der Waals surface area contributed by atoms with Crippen LogP contribution < -0.4 is 0 Å². The fraction of sp³-hybridized carbons (Fsp3) is 0.583. The molecule has 0 unspecified atom stereocenters. The molecule has 1 N–H and O–H groups in total. The Labute approximate surface area is 86.0 Å². The number of rotatable bonds is 5. The second-order valence-electron chi connectivity index (χ2n) is 3.75. The maximum atomic E-state index is 9.10. The second-order valence-corrected chi connectivity index (χ2v) is 3.75. The van der Waals surface area contributed by atoms with Crippen LogP contribution in [-0.2, 0) is 12.8 Å². The molecule has 0 fully saturated rings. The SMILES string of the molecule is CCc1ccc(CCC[C@@H](C)O)cn1. The van der Waals surface area contributed by atoms with Crippen molar-refractivity contribution in [2.45, 2.75) is 45.6 Å². The number of hydrogen-bond donors (Lipinski definition) is 1. The van der Waals surface area contributed by atoms with E-state index >= 15 is 0 Å². The predicted molar refractivity (Wildman–Crippen MR) is 58.2 cm³/mol. The summed E-state index contributed by atoms with van der Waals surface area (Å²) in [6.07, 6.45) is 5.68. The van der Waals surface area contributed by atoms with Gasteiger partial charge in [0.1, 0.15) is 0 Å². The Morgan fingerprint density at radius 1 is 1.43 bits per heavy atom. The number of aliphatic hydroxyl groups is 1. The molecule has 0 saturated heterocycles. The van der Waals surface area contributed by atoms with Gasteiger partial charge < -0.3 is 5.11 Å². The summed E-state index contributed by atoms with van der Waals surface area (Å²) in [6.45, 7) is 3.94. The average molecular weight is 193 g/mol. The number of hydrogen-bond acceptors (Lipinski definition) is 2. The van der Waals surface area contributed by atoms with E-state index in [4.69, 9.17) is 5.11 Å². The first-order valence-corrected chi connectivity index (χ1v) is 5.34. The van der Waals surface area contributed by atoms with Gasteiger partial charge in [-0.15, -0.1) is 0 Å². The van der Waals surface area contributed by atoms with Gasteiger partial charge in [0.15, 0.2) is 0 Å². The minimum Gasteiger partial charge on any atom is -0.393 e. The van der Waals surface area contributed by atoms with Crippen molar-refractivity contribution in [2.24, 2.45) is 0 Å². The molecule has 0 aliphatic carbocycles. The lowest BCUT2D eigenvalue weighted by molar-refractivity contribution is 0.181. The highest BCUT2D eigenvalue weighted by Gasteiger charge is 1.98. The van der Waals surface area contributed by atoms with E-state index in [-0.39, 0.29) is 6.10 Å². The molecule has 2 heteroatoms. The highest BCUT2D eigenvalue weighted by molar-refractivity contribution is 5.14. The molecule has 0 spiro atoms. The van der Waals surface area contributed by atoms with Crippen molar-refractivity contribution in [3.05, 3.63) is 29.6 Å². The van der Waals surface area contributed by atoms with Crippen LogP contribution in [0.3, 0.4) is 0 Å². The minimum absolute atomic E-state index is 0.183. The smallest absolute Gasteiger partial charge is 0.0512 e. The van der Waals surface area contributed by atoms with Gasteiger partial charge in [0.2, 0.25) is 0 Å². The fourth-order valence-corrected chi connectivity index (χ4v) is 1.41. The van der Waals surface area contributed by atoms with Gasteiger partial charge in [0.25, 0.3) is 0 Å². The molecule has 0 radical (unpaired) electrons. The number of aromatic nitrogens is 1. The lowest BCUT2D eigenvalue weighted by Crippen LogP contribution is -2.00. The summed E-state index contributed by atoms with van der Waals surface area (Å²) in [6, 6.07) is 4.21. The van der Waals surface area contributed by atoms with E-state index in [9.17, 15) is 0 Å². The Hall–Kier alpha value is -0.890. The first kappa shape index (κ1) is 11.2. The first-order chi connectivity index (χ1) is 6.72. The van der Waals surface area contributed by atoms with Crippen molar-refractivity contribution < 1.29 is 5.11 Å². The zero-order valence-electron chi connectivity index (χ0n) is 9.03. The summed E-state index contributed by atoms with van der Waals surface area (Å²) >= 11 is 0. The zero-order chi connectivity index (χ0) is 10.4. The lowest BCUT2D eigenvalue weighted by atomic mass is 10.1. The van der Waals surface area contributed by atoms with Crippen molar-refractivity contribution in [3.63, 3.8) is 0 Å². The van der Waals surface area contributed by atoms with Crippen LogP contribution in [0.15, 0.2) is 18.3 Å². The Morgan fingerprint density at radius 2 is 2.21 bits per heavy atom. The number of nitrogens with zero attached hydrogens (tertiary/aromatic N) is 1. The van der Waals surface area contributed by atoms with Gasteiger partial charge in [-0.3, -0.25) is 4.98 Å². The van der Waals surface area contributed by atoms with Crippen LogP contribution in [-0.4, -0.2) is 16.2 Å². The molecule has 1 aromatic rings. The van der Waals surface area contributed by atoms with Crippen molar-refractivity contribution in [3.8, 4) is 0 Å². The van der Waals surface area contributed by atoms with Gasteiger partial charge in [0.05, 0.1) is 6.10 Å². The van der Waals surface area contributed by atoms with E-state index in [1.807, 2.05) is 13.1 Å². The Bertz CT molecular complexity index is 254. The van der Waals surface area contributed by atoms with Gasteiger partial charge in [-0.05, 0) is 44.2 Å². The van der Waals surface area contributed by atoms with E-state index in [1.54, 1.807) is 0 Å². The third-order valence-corrected chi connectivity index (χ3v) is 2.34. The van der Waals surface area contributed by atoms with E-state index < -0.39 is 0 Å². The predicted octanol–water partition coefficient (Wildman–Crippen LogP) is 2.35. The van der Waals surface area contributed by atoms with Crippen LogP contribution in [0.1, 0.15) is 37.9 Å². The summed E-state index contributed by atoms with van der Waals surface area (Å²) in [5, 5.41) is 9.10. The van der Waals surface area contributed by atoms with Gasteiger partial charge in [-0.25, -0.2) is 0 Å². The molecule has 0 bridgehead atoms. The number of pyridine rings is 1. The minimum atomic E-state index is -0.183. The van der Waals surface area contributed by atoms with Crippen molar-refractivity contribution in [1.29, 1.82) is 0 Å². The Kier molecular flexibility index (Phi) is 4.60. The highest BCUT2D eigenvalue weighted by Crippen LogP contribution is 2.06. The maximum Gasteiger partial charge on any atom is 0.0512 e. The van der Waals surface area contributed by atoms with Crippen molar-refractivity contribution >= 4 is 0 Å². The van der Waals surface area contributed by atoms with Crippen LogP contribution in [0.2, 0.25) is 0 Å². The zero-order valence-corrected chi connectivity index (χ0v) is 9.03. The number of aryl methyl sites for hydroxylation is 2. The van der Waals surface area contributed by atoms with Gasteiger partial charge in [-0.2, -0.15) is 0 Å². The summed E-state index contributed by atoms with van der Waals surface area (Å²) in [5.74, 6) is 0. The molecule has 0 aromatic carbocycles. The van der Waals surface area contributed by atoms with Gasteiger partial charge >= 0.3 is 0 Å². The van der Waals surface area contributed by atoms with E-state index in [2.05, 4.69) is 24.0 Å². The summed E-state index contributed by atoms with van der Waals surface area (Å²) in [5.41, 5.74) is 2.41. The fourth-order valence-electron chi connectivity index (χ4n) is 1.41. The molecule has 0 aliphatic rings. The topological polar surface area (TPSA) is 33.1 Å². The quantitative estimate of drug-likeness (QED) is 0.778.